The monoisotopic (exact) mass is 534 g/mol. The number of ketones is 1. The normalized spacial score (nSPS) is 13.5. The van der Waals surface area contributed by atoms with Crippen LogP contribution in [0, 0.1) is 5.92 Å². The van der Waals surface area contributed by atoms with Crippen molar-refractivity contribution in [2.24, 2.45) is 5.92 Å². The van der Waals surface area contributed by atoms with Crippen LogP contribution in [-0.4, -0.2) is 21.9 Å². The van der Waals surface area contributed by atoms with Gasteiger partial charge in [-0.3, -0.25) is 9.78 Å². The first-order valence-electron chi connectivity index (χ1n) is 14.4. The van der Waals surface area contributed by atoms with Crippen molar-refractivity contribution in [3.63, 3.8) is 0 Å². The third-order valence-corrected chi connectivity index (χ3v) is 7.35. The SMILES string of the molecule is CC(C)Oc1ccc(-c2cnc(CC(=O)Cc3ccc(OCc4ccccc4)cc3)c(CC3CCCC3)n2)cc1. The fourth-order valence-electron chi connectivity index (χ4n) is 5.29. The molecule has 1 aromatic heterocycles. The number of rotatable bonds is 12. The maximum absolute atomic E-state index is 13.1. The van der Waals surface area contributed by atoms with Crippen molar-refractivity contribution in [3.8, 4) is 22.8 Å². The van der Waals surface area contributed by atoms with Crippen LogP contribution < -0.4 is 9.47 Å². The minimum absolute atomic E-state index is 0.131. The third kappa shape index (κ3) is 7.78. The number of hydrogen-bond donors (Lipinski definition) is 0. The molecule has 1 fully saturated rings. The van der Waals surface area contributed by atoms with Crippen LogP contribution in [-0.2, 0) is 30.7 Å². The Labute approximate surface area is 237 Å². The molecule has 0 N–H and O–H groups in total. The van der Waals surface area contributed by atoms with Crippen LogP contribution in [0.2, 0.25) is 0 Å². The van der Waals surface area contributed by atoms with E-state index in [1.165, 1.54) is 25.7 Å². The smallest absolute Gasteiger partial charge is 0.143 e. The van der Waals surface area contributed by atoms with Crippen molar-refractivity contribution in [1.29, 1.82) is 0 Å². The van der Waals surface area contributed by atoms with Gasteiger partial charge in [0.25, 0.3) is 0 Å². The zero-order chi connectivity index (χ0) is 27.7. The average molecular weight is 535 g/mol. The Balaban J connectivity index is 1.25. The summed E-state index contributed by atoms with van der Waals surface area (Å²) in [6, 6.07) is 25.9. The molecule has 5 heteroatoms. The molecule has 1 heterocycles. The van der Waals surface area contributed by atoms with Crippen molar-refractivity contribution >= 4 is 5.78 Å². The lowest BCUT2D eigenvalue weighted by atomic mass is 9.97. The van der Waals surface area contributed by atoms with Crippen molar-refractivity contribution in [2.75, 3.05) is 0 Å². The second-order valence-electron chi connectivity index (χ2n) is 11.0. The lowest BCUT2D eigenvalue weighted by Gasteiger charge is -2.14. The largest absolute Gasteiger partial charge is 0.491 e. The van der Waals surface area contributed by atoms with E-state index in [1.54, 1.807) is 6.20 Å². The van der Waals surface area contributed by atoms with E-state index in [0.29, 0.717) is 25.4 Å². The van der Waals surface area contributed by atoms with Crippen molar-refractivity contribution in [2.45, 2.75) is 71.5 Å². The molecular formula is C35H38N2O3. The van der Waals surface area contributed by atoms with Crippen LogP contribution in [0.3, 0.4) is 0 Å². The molecule has 0 amide bonds. The summed E-state index contributed by atoms with van der Waals surface area (Å²) in [6.45, 7) is 4.56. The van der Waals surface area contributed by atoms with Gasteiger partial charge in [0.05, 0.1) is 35.8 Å². The van der Waals surface area contributed by atoms with Gasteiger partial charge in [0.2, 0.25) is 0 Å². The van der Waals surface area contributed by atoms with Crippen LogP contribution in [0.15, 0.2) is 85.1 Å². The molecule has 3 aromatic carbocycles. The predicted molar refractivity (Wildman–Crippen MR) is 159 cm³/mol. The zero-order valence-electron chi connectivity index (χ0n) is 23.5. The number of carbonyl (C=O) groups is 1. The Morgan fingerprint density at radius 2 is 1.52 bits per heavy atom. The second-order valence-corrected chi connectivity index (χ2v) is 11.0. The number of benzene rings is 3. The predicted octanol–water partition coefficient (Wildman–Crippen LogP) is 7.60. The van der Waals surface area contributed by atoms with Crippen LogP contribution in [0.5, 0.6) is 11.5 Å². The van der Waals surface area contributed by atoms with Crippen molar-refractivity contribution < 1.29 is 14.3 Å². The quantitative estimate of drug-likeness (QED) is 0.187. The molecule has 206 valence electrons. The Kier molecular flexibility index (Phi) is 9.22. The summed E-state index contributed by atoms with van der Waals surface area (Å²) in [7, 11) is 0. The summed E-state index contributed by atoms with van der Waals surface area (Å²) in [5.41, 5.74) is 5.71. The maximum atomic E-state index is 13.1. The lowest BCUT2D eigenvalue weighted by molar-refractivity contribution is -0.117. The van der Waals surface area contributed by atoms with E-state index in [-0.39, 0.29) is 11.9 Å². The first-order chi connectivity index (χ1) is 19.5. The lowest BCUT2D eigenvalue weighted by Crippen LogP contribution is -2.14. The highest BCUT2D eigenvalue weighted by atomic mass is 16.5. The minimum Gasteiger partial charge on any atom is -0.491 e. The van der Waals surface area contributed by atoms with Crippen LogP contribution in [0.25, 0.3) is 11.3 Å². The van der Waals surface area contributed by atoms with Gasteiger partial charge in [-0.05, 0) is 73.7 Å². The van der Waals surface area contributed by atoms with Crippen molar-refractivity contribution in [3.05, 3.63) is 108 Å². The van der Waals surface area contributed by atoms with Crippen LogP contribution >= 0.6 is 0 Å². The van der Waals surface area contributed by atoms with Gasteiger partial charge in [0.15, 0.2) is 0 Å². The number of nitrogens with zero attached hydrogens (tertiary/aromatic N) is 2. The van der Waals surface area contributed by atoms with E-state index in [1.807, 2.05) is 92.7 Å². The molecule has 40 heavy (non-hydrogen) atoms. The van der Waals surface area contributed by atoms with Gasteiger partial charge in [0.1, 0.15) is 23.9 Å². The molecular weight excluding hydrogens is 496 g/mol. The van der Waals surface area contributed by atoms with Crippen LogP contribution in [0.1, 0.15) is 62.0 Å². The molecule has 0 aliphatic heterocycles. The highest BCUT2D eigenvalue weighted by molar-refractivity contribution is 5.83. The molecule has 0 bridgehead atoms. The Hall–Kier alpha value is -3.99. The molecule has 4 aromatic rings. The molecule has 0 spiro atoms. The Morgan fingerprint density at radius 1 is 0.825 bits per heavy atom. The van der Waals surface area contributed by atoms with Gasteiger partial charge in [-0.2, -0.15) is 0 Å². The van der Waals surface area contributed by atoms with Gasteiger partial charge in [-0.1, -0.05) is 68.1 Å². The summed E-state index contributed by atoms with van der Waals surface area (Å²) in [6.07, 6.45) is 8.46. The first kappa shape index (κ1) is 27.6. The first-order valence-corrected chi connectivity index (χ1v) is 14.4. The summed E-state index contributed by atoms with van der Waals surface area (Å²) in [5.74, 6) is 2.39. The molecule has 1 aliphatic rings. The zero-order valence-corrected chi connectivity index (χ0v) is 23.5. The molecule has 0 unspecified atom stereocenters. The molecule has 1 aliphatic carbocycles. The molecule has 5 nitrogen and oxygen atoms in total. The van der Waals surface area contributed by atoms with E-state index < -0.39 is 0 Å². The van der Waals surface area contributed by atoms with E-state index in [9.17, 15) is 4.79 Å². The standard InChI is InChI=1S/C35H38N2O3/c1-25(2)40-32-18-14-29(15-19-32)35-23-36-33(34(37-35)21-26-8-6-7-9-26)22-30(38)20-27-12-16-31(17-13-27)39-24-28-10-4-3-5-11-28/h3-5,10-19,23,25-26H,6-9,20-22,24H2,1-2H3. The average Bonchev–Trinajstić information content (AvgIpc) is 3.47. The second kappa shape index (κ2) is 13.4. The van der Waals surface area contributed by atoms with Gasteiger partial charge in [-0.25, -0.2) is 4.98 Å². The summed E-state index contributed by atoms with van der Waals surface area (Å²) in [4.78, 5) is 23.0. The number of aromatic nitrogens is 2. The fourth-order valence-corrected chi connectivity index (χ4v) is 5.29. The maximum Gasteiger partial charge on any atom is 0.143 e. The van der Waals surface area contributed by atoms with E-state index in [2.05, 4.69) is 0 Å². The molecule has 0 atom stereocenters. The van der Waals surface area contributed by atoms with Gasteiger partial charge >= 0.3 is 0 Å². The minimum atomic E-state index is 0.131. The summed E-state index contributed by atoms with van der Waals surface area (Å²) in [5, 5.41) is 0. The molecule has 0 saturated heterocycles. The molecule has 0 radical (unpaired) electrons. The summed E-state index contributed by atoms with van der Waals surface area (Å²) >= 11 is 0. The topological polar surface area (TPSA) is 61.3 Å². The van der Waals surface area contributed by atoms with Gasteiger partial charge in [0, 0.05) is 12.0 Å². The van der Waals surface area contributed by atoms with Gasteiger partial charge in [-0.15, -0.1) is 0 Å². The van der Waals surface area contributed by atoms with Gasteiger partial charge < -0.3 is 9.47 Å². The fraction of sp³-hybridized carbons (Fsp3) is 0.343. The van der Waals surface area contributed by atoms with E-state index in [0.717, 1.165) is 51.7 Å². The number of Topliss-reactive ketones (excluding diaryl/α,β-unsaturated/α-hetero) is 1. The Morgan fingerprint density at radius 3 is 2.23 bits per heavy atom. The number of ether oxygens (including phenoxy) is 2. The Bertz CT molecular complexity index is 1380. The highest BCUT2D eigenvalue weighted by Gasteiger charge is 2.20. The molecule has 1 saturated carbocycles. The van der Waals surface area contributed by atoms with E-state index >= 15 is 0 Å². The summed E-state index contributed by atoms with van der Waals surface area (Å²) < 4.78 is 11.7. The van der Waals surface area contributed by atoms with Crippen molar-refractivity contribution in [1.82, 2.24) is 9.97 Å². The number of hydrogen-bond acceptors (Lipinski definition) is 5. The molecule has 5 rings (SSSR count). The van der Waals surface area contributed by atoms with Crippen LogP contribution in [0.4, 0.5) is 0 Å². The number of carbonyl (C=O) groups excluding carboxylic acids is 1. The van der Waals surface area contributed by atoms with E-state index in [4.69, 9.17) is 19.4 Å². The third-order valence-electron chi connectivity index (χ3n) is 7.35. The highest BCUT2D eigenvalue weighted by Crippen LogP contribution is 2.30.